The van der Waals surface area contributed by atoms with Gasteiger partial charge in [0, 0.05) is 32.8 Å². The molecule has 0 spiro atoms. The molecule has 0 fully saturated rings. The Hall–Kier alpha value is -7.20. The molecule has 0 aliphatic heterocycles. The molecular weight excluding hydrogens is 705 g/mol. The molecule has 0 amide bonds. The summed E-state index contributed by atoms with van der Waals surface area (Å²) in [5, 5.41) is 10.5. The molecule has 57 heavy (non-hydrogen) atoms. The molecule has 2 heterocycles. The van der Waals surface area contributed by atoms with Gasteiger partial charge in [0.25, 0.3) is 0 Å². The highest BCUT2D eigenvalue weighted by Crippen LogP contribution is 2.44. The average Bonchev–Trinajstić information content (AvgIpc) is 3.81. The van der Waals surface area contributed by atoms with Gasteiger partial charge >= 0.3 is 0 Å². The third kappa shape index (κ3) is 5.03. The minimum absolute atomic E-state index is 1.15. The normalized spacial score (nSPS) is 11.9. The Morgan fingerprint density at radius 1 is 0.298 bits per heavy atom. The summed E-state index contributed by atoms with van der Waals surface area (Å²) in [5.41, 5.74) is 9.50. The van der Waals surface area contributed by atoms with Crippen LogP contribution in [0, 0.1) is 0 Å². The highest BCUT2D eigenvalue weighted by atomic mass is 28.3. The second kappa shape index (κ2) is 13.5. The summed E-state index contributed by atoms with van der Waals surface area (Å²) in [6.07, 6.45) is 0. The maximum Gasteiger partial charge on any atom is 0.180 e. The lowest BCUT2D eigenvalue weighted by molar-refractivity contribution is 1.17. The van der Waals surface area contributed by atoms with Crippen molar-refractivity contribution in [1.82, 2.24) is 9.13 Å². The van der Waals surface area contributed by atoms with Gasteiger partial charge in [0.05, 0.1) is 27.8 Å². The lowest BCUT2D eigenvalue weighted by Crippen LogP contribution is -2.74. The van der Waals surface area contributed by atoms with Crippen LogP contribution in [0.1, 0.15) is 0 Å². The number of para-hydroxylation sites is 3. The molecule has 0 aliphatic rings. The van der Waals surface area contributed by atoms with E-state index in [1.807, 2.05) is 0 Å². The molecule has 0 unspecified atom stereocenters. The second-order valence-corrected chi connectivity index (χ2v) is 18.6. The van der Waals surface area contributed by atoms with E-state index < -0.39 is 8.07 Å². The first-order valence-corrected chi connectivity index (χ1v) is 21.7. The van der Waals surface area contributed by atoms with E-state index in [1.165, 1.54) is 81.2 Å². The maximum atomic E-state index is 2.58. The van der Waals surface area contributed by atoms with Crippen LogP contribution < -0.4 is 20.7 Å². The Kier molecular flexibility index (Phi) is 7.87. The van der Waals surface area contributed by atoms with Crippen molar-refractivity contribution < 1.29 is 0 Å². The fraction of sp³-hybridized carbons (Fsp3) is 0. The van der Waals surface area contributed by atoms with Crippen molar-refractivity contribution in [2.75, 3.05) is 0 Å². The predicted octanol–water partition coefficient (Wildman–Crippen LogP) is 10.9. The van der Waals surface area contributed by atoms with Crippen LogP contribution in [0.15, 0.2) is 231 Å². The first-order chi connectivity index (χ1) is 28.3. The Labute approximate surface area is 333 Å². The zero-order chi connectivity index (χ0) is 37.8. The zero-order valence-corrected chi connectivity index (χ0v) is 32.3. The molecule has 0 atom stereocenters. The molecule has 268 valence electrons. The number of benzene rings is 9. The van der Waals surface area contributed by atoms with Crippen LogP contribution in [0.4, 0.5) is 0 Å². The van der Waals surface area contributed by atoms with E-state index in [4.69, 9.17) is 0 Å². The number of hydrogen-bond acceptors (Lipinski definition) is 0. The zero-order valence-electron chi connectivity index (χ0n) is 31.3. The summed E-state index contributed by atoms with van der Waals surface area (Å²) >= 11 is 0. The van der Waals surface area contributed by atoms with Crippen molar-refractivity contribution in [3.63, 3.8) is 0 Å². The van der Waals surface area contributed by atoms with E-state index in [1.54, 1.807) is 0 Å². The van der Waals surface area contributed by atoms with Gasteiger partial charge < -0.3 is 9.13 Å². The highest BCUT2D eigenvalue weighted by molar-refractivity contribution is 7.20. The summed E-state index contributed by atoms with van der Waals surface area (Å²) in [6, 6.07) is 85.2. The van der Waals surface area contributed by atoms with E-state index in [0.29, 0.717) is 0 Å². The standard InChI is InChI=1S/C54H38N2Si/c1-6-21-39(22-7-1)44-37-38-50-53(46-32-17-18-33-47(46)55(50)40-23-8-2-9-24-40)54(44)56-48-34-19-16-31-45(48)52-49(56)35-20-36-51(52)57(41-25-10-3-11-26-41,42-27-12-4-13-28-42)43-29-14-5-15-30-43/h1-38H. The third-order valence-electron chi connectivity index (χ3n) is 11.9. The van der Waals surface area contributed by atoms with Crippen molar-refractivity contribution in [3.05, 3.63) is 231 Å². The van der Waals surface area contributed by atoms with E-state index >= 15 is 0 Å². The van der Waals surface area contributed by atoms with Crippen LogP contribution >= 0.6 is 0 Å². The van der Waals surface area contributed by atoms with E-state index in [9.17, 15) is 0 Å². The predicted molar refractivity (Wildman–Crippen MR) is 244 cm³/mol. The van der Waals surface area contributed by atoms with E-state index in [-0.39, 0.29) is 0 Å². The van der Waals surface area contributed by atoms with Gasteiger partial charge in [-0.15, -0.1) is 0 Å². The first kappa shape index (κ1) is 33.2. The minimum Gasteiger partial charge on any atom is -0.309 e. The molecule has 3 heteroatoms. The molecular formula is C54H38N2Si. The Bertz CT molecular complexity index is 3110. The Morgan fingerprint density at radius 2 is 0.737 bits per heavy atom. The van der Waals surface area contributed by atoms with Crippen LogP contribution in [0.25, 0.3) is 66.1 Å². The molecule has 0 radical (unpaired) electrons. The van der Waals surface area contributed by atoms with Gasteiger partial charge in [-0.25, -0.2) is 0 Å². The number of rotatable bonds is 7. The van der Waals surface area contributed by atoms with E-state index in [0.717, 1.165) is 5.69 Å². The van der Waals surface area contributed by atoms with Crippen LogP contribution in [0.3, 0.4) is 0 Å². The molecule has 2 nitrogen and oxygen atoms in total. The van der Waals surface area contributed by atoms with Gasteiger partial charge in [-0.1, -0.05) is 194 Å². The fourth-order valence-electron chi connectivity index (χ4n) is 9.58. The van der Waals surface area contributed by atoms with Crippen LogP contribution in [0.2, 0.25) is 0 Å². The second-order valence-electron chi connectivity index (χ2n) is 14.8. The number of aromatic nitrogens is 2. The molecule has 0 N–H and O–H groups in total. The van der Waals surface area contributed by atoms with Crippen LogP contribution in [-0.2, 0) is 0 Å². The molecule has 0 saturated carbocycles. The number of nitrogens with zero attached hydrogens (tertiary/aromatic N) is 2. The molecule has 9 aromatic carbocycles. The summed E-state index contributed by atoms with van der Waals surface area (Å²) in [6.45, 7) is 0. The summed E-state index contributed by atoms with van der Waals surface area (Å²) in [7, 11) is -2.90. The average molecular weight is 743 g/mol. The van der Waals surface area contributed by atoms with Crippen molar-refractivity contribution in [2.24, 2.45) is 0 Å². The van der Waals surface area contributed by atoms with Gasteiger partial charge in [0.1, 0.15) is 0 Å². The van der Waals surface area contributed by atoms with Crippen molar-refractivity contribution in [1.29, 1.82) is 0 Å². The van der Waals surface area contributed by atoms with Gasteiger partial charge in [-0.05, 0) is 62.7 Å². The van der Waals surface area contributed by atoms with Crippen LogP contribution in [0.5, 0.6) is 0 Å². The van der Waals surface area contributed by atoms with Crippen molar-refractivity contribution in [2.45, 2.75) is 0 Å². The summed E-state index contributed by atoms with van der Waals surface area (Å²) < 4.78 is 5.02. The molecule has 0 saturated heterocycles. The molecule has 0 bridgehead atoms. The monoisotopic (exact) mass is 742 g/mol. The Balaban J connectivity index is 1.35. The number of hydrogen-bond donors (Lipinski definition) is 0. The fourth-order valence-corrected chi connectivity index (χ4v) is 14.6. The summed E-state index contributed by atoms with van der Waals surface area (Å²) in [4.78, 5) is 0. The lowest BCUT2D eigenvalue weighted by atomic mass is 9.99. The van der Waals surface area contributed by atoms with Crippen LogP contribution in [-0.4, -0.2) is 17.2 Å². The Morgan fingerprint density at radius 3 is 1.32 bits per heavy atom. The highest BCUT2D eigenvalue weighted by Gasteiger charge is 2.43. The topological polar surface area (TPSA) is 9.86 Å². The molecule has 0 aliphatic carbocycles. The van der Waals surface area contributed by atoms with E-state index in [2.05, 4.69) is 240 Å². The quantitative estimate of drug-likeness (QED) is 0.114. The third-order valence-corrected chi connectivity index (χ3v) is 16.7. The molecule has 11 rings (SSSR count). The molecule has 11 aromatic rings. The van der Waals surface area contributed by atoms with Gasteiger partial charge in [0.2, 0.25) is 0 Å². The minimum atomic E-state index is -2.90. The van der Waals surface area contributed by atoms with Gasteiger partial charge in [-0.2, -0.15) is 0 Å². The molecule has 2 aromatic heterocycles. The smallest absolute Gasteiger partial charge is 0.180 e. The SMILES string of the molecule is c1ccc(-c2ccc3c(c2-n2c4ccccc4c4c([Si](c5ccccc5)(c5ccccc5)c5ccccc5)cccc42)c2ccccc2n3-c2ccccc2)cc1. The van der Waals surface area contributed by atoms with Crippen molar-refractivity contribution in [3.8, 4) is 22.5 Å². The van der Waals surface area contributed by atoms with Gasteiger partial charge in [-0.3, -0.25) is 0 Å². The largest absolute Gasteiger partial charge is 0.309 e. The first-order valence-electron chi connectivity index (χ1n) is 19.7. The number of fused-ring (bicyclic) bond motifs is 6. The van der Waals surface area contributed by atoms with Gasteiger partial charge in [0.15, 0.2) is 8.07 Å². The van der Waals surface area contributed by atoms with Crippen molar-refractivity contribution >= 4 is 72.4 Å². The lowest BCUT2D eigenvalue weighted by Gasteiger charge is -2.35. The summed E-state index contributed by atoms with van der Waals surface area (Å²) in [5.74, 6) is 0. The maximum absolute atomic E-state index is 2.90.